The maximum Gasteiger partial charge on any atom is 0.241 e. The lowest BCUT2D eigenvalue weighted by Gasteiger charge is -2.24. The normalized spacial score (nSPS) is 12.3. The first kappa shape index (κ1) is 19.8. The first-order valence-electron chi connectivity index (χ1n) is 8.31. The van der Waals surface area contributed by atoms with Crippen molar-refractivity contribution in [3.05, 3.63) is 60.2 Å². The van der Waals surface area contributed by atoms with Crippen LogP contribution in [-0.4, -0.2) is 34.2 Å². The molecule has 7 heteroatoms. The molecule has 0 spiro atoms. The highest BCUT2D eigenvalue weighted by molar-refractivity contribution is 7.92. The third-order valence-corrected chi connectivity index (χ3v) is 5.13. The van der Waals surface area contributed by atoms with Crippen LogP contribution in [0.2, 0.25) is 0 Å². The standard InChI is InChI=1S/C19H24N2O4S/c1-4-18(15-10-12-17(25-2)13-11-15)20-19(22)14-21(26(3,23)24)16-8-6-5-7-9-16/h5-13,18H,4,14H2,1-3H3,(H,20,22)/t18-/m0/s1. The smallest absolute Gasteiger partial charge is 0.241 e. The van der Waals surface area contributed by atoms with E-state index in [0.717, 1.165) is 21.9 Å². The Bertz CT molecular complexity index is 820. The number of methoxy groups -OCH3 is 1. The quantitative estimate of drug-likeness (QED) is 0.769. The van der Waals surface area contributed by atoms with Crippen LogP contribution in [0.1, 0.15) is 24.9 Å². The van der Waals surface area contributed by atoms with Gasteiger partial charge < -0.3 is 10.1 Å². The molecule has 0 heterocycles. The maximum absolute atomic E-state index is 12.5. The predicted molar refractivity (Wildman–Crippen MR) is 103 cm³/mol. The summed E-state index contributed by atoms with van der Waals surface area (Å²) in [6.07, 6.45) is 1.77. The van der Waals surface area contributed by atoms with Crippen molar-refractivity contribution in [2.75, 3.05) is 24.2 Å². The molecule has 0 saturated heterocycles. The molecule has 0 radical (unpaired) electrons. The minimum absolute atomic E-state index is 0.203. The molecule has 0 aliphatic rings. The van der Waals surface area contributed by atoms with E-state index >= 15 is 0 Å². The third kappa shape index (κ3) is 5.23. The lowest BCUT2D eigenvalue weighted by molar-refractivity contribution is -0.120. The summed E-state index contributed by atoms with van der Waals surface area (Å²) in [6.45, 7) is 1.69. The summed E-state index contributed by atoms with van der Waals surface area (Å²) in [5, 5.41) is 2.91. The molecule has 0 fully saturated rings. The van der Waals surface area contributed by atoms with E-state index in [1.54, 1.807) is 37.4 Å². The number of hydrogen-bond donors (Lipinski definition) is 1. The molecular formula is C19H24N2O4S. The fourth-order valence-electron chi connectivity index (χ4n) is 2.62. The zero-order chi connectivity index (χ0) is 19.2. The van der Waals surface area contributed by atoms with Crippen LogP contribution in [0, 0.1) is 0 Å². The van der Waals surface area contributed by atoms with Gasteiger partial charge in [-0.3, -0.25) is 9.10 Å². The number of carbonyl (C=O) groups is 1. The molecule has 0 aromatic heterocycles. The second-order valence-corrected chi connectivity index (χ2v) is 7.81. The molecular weight excluding hydrogens is 352 g/mol. The number of anilines is 1. The highest BCUT2D eigenvalue weighted by Gasteiger charge is 2.22. The molecule has 2 aromatic carbocycles. The number of carbonyl (C=O) groups excluding carboxylic acids is 1. The van der Waals surface area contributed by atoms with Gasteiger partial charge in [0.2, 0.25) is 15.9 Å². The van der Waals surface area contributed by atoms with E-state index in [9.17, 15) is 13.2 Å². The largest absolute Gasteiger partial charge is 0.497 e. The van der Waals surface area contributed by atoms with Crippen molar-refractivity contribution in [1.29, 1.82) is 0 Å². The van der Waals surface area contributed by atoms with Gasteiger partial charge in [-0.2, -0.15) is 0 Å². The summed E-state index contributed by atoms with van der Waals surface area (Å²) in [5.41, 5.74) is 1.40. The SMILES string of the molecule is CC[C@H](NC(=O)CN(c1ccccc1)S(C)(=O)=O)c1ccc(OC)cc1. The average Bonchev–Trinajstić information content (AvgIpc) is 2.64. The molecule has 0 bridgehead atoms. The van der Waals surface area contributed by atoms with Gasteiger partial charge in [-0.25, -0.2) is 8.42 Å². The van der Waals surface area contributed by atoms with Crippen LogP contribution < -0.4 is 14.4 Å². The van der Waals surface area contributed by atoms with Gasteiger partial charge in [0.1, 0.15) is 12.3 Å². The summed E-state index contributed by atoms with van der Waals surface area (Å²) in [6, 6.07) is 15.8. The van der Waals surface area contributed by atoms with Crippen LogP contribution in [-0.2, 0) is 14.8 Å². The van der Waals surface area contributed by atoms with E-state index in [1.165, 1.54) is 0 Å². The topological polar surface area (TPSA) is 75.7 Å². The van der Waals surface area contributed by atoms with Gasteiger partial charge in [-0.15, -0.1) is 0 Å². The molecule has 1 N–H and O–H groups in total. The first-order chi connectivity index (χ1) is 12.3. The number of hydrogen-bond acceptors (Lipinski definition) is 4. The Labute approximate surface area is 154 Å². The fraction of sp³-hybridized carbons (Fsp3) is 0.316. The molecule has 1 atom stereocenters. The van der Waals surface area contributed by atoms with Gasteiger partial charge in [0, 0.05) is 0 Å². The summed E-state index contributed by atoms with van der Waals surface area (Å²) in [5.74, 6) is 0.379. The number of amides is 1. The number of rotatable bonds is 8. The summed E-state index contributed by atoms with van der Waals surface area (Å²) in [7, 11) is -1.98. The molecule has 2 aromatic rings. The highest BCUT2D eigenvalue weighted by Crippen LogP contribution is 2.21. The van der Waals surface area contributed by atoms with Gasteiger partial charge in [-0.05, 0) is 36.2 Å². The third-order valence-electron chi connectivity index (χ3n) is 3.99. The number of sulfonamides is 1. The van der Waals surface area contributed by atoms with Crippen LogP contribution in [0.15, 0.2) is 54.6 Å². The Morgan fingerprint density at radius 1 is 1.12 bits per heavy atom. The molecule has 0 saturated carbocycles. The van der Waals surface area contributed by atoms with Crippen molar-refractivity contribution in [3.63, 3.8) is 0 Å². The van der Waals surface area contributed by atoms with Gasteiger partial charge in [0.25, 0.3) is 0 Å². The molecule has 1 amide bonds. The zero-order valence-corrected chi connectivity index (χ0v) is 16.0. The van der Waals surface area contributed by atoms with E-state index in [1.807, 2.05) is 31.2 Å². The number of ether oxygens (including phenoxy) is 1. The van der Waals surface area contributed by atoms with Crippen LogP contribution >= 0.6 is 0 Å². The highest BCUT2D eigenvalue weighted by atomic mass is 32.2. The van der Waals surface area contributed by atoms with E-state index in [0.29, 0.717) is 12.1 Å². The summed E-state index contributed by atoms with van der Waals surface area (Å²) >= 11 is 0. The van der Waals surface area contributed by atoms with Crippen molar-refractivity contribution in [2.45, 2.75) is 19.4 Å². The van der Waals surface area contributed by atoms with Crippen LogP contribution in [0.3, 0.4) is 0 Å². The lowest BCUT2D eigenvalue weighted by atomic mass is 10.0. The monoisotopic (exact) mass is 376 g/mol. The second kappa shape index (κ2) is 8.71. The Hall–Kier alpha value is -2.54. The van der Waals surface area contributed by atoms with E-state index in [4.69, 9.17) is 4.74 Å². The molecule has 140 valence electrons. The van der Waals surface area contributed by atoms with Crippen molar-refractivity contribution in [1.82, 2.24) is 5.32 Å². The minimum Gasteiger partial charge on any atom is -0.497 e. The van der Waals surface area contributed by atoms with Gasteiger partial charge in [0.15, 0.2) is 0 Å². The lowest BCUT2D eigenvalue weighted by Crippen LogP contribution is -2.41. The van der Waals surface area contributed by atoms with E-state index in [2.05, 4.69) is 5.32 Å². The Morgan fingerprint density at radius 3 is 2.23 bits per heavy atom. The Kier molecular flexibility index (Phi) is 6.63. The number of para-hydroxylation sites is 1. The van der Waals surface area contributed by atoms with Crippen LogP contribution in [0.5, 0.6) is 5.75 Å². The van der Waals surface area contributed by atoms with Gasteiger partial charge in [0.05, 0.1) is 25.1 Å². The number of benzene rings is 2. The summed E-state index contributed by atoms with van der Waals surface area (Å²) in [4.78, 5) is 12.5. The Morgan fingerprint density at radius 2 is 1.73 bits per heavy atom. The molecule has 2 rings (SSSR count). The fourth-order valence-corrected chi connectivity index (χ4v) is 3.48. The van der Waals surface area contributed by atoms with Crippen molar-refractivity contribution < 1.29 is 17.9 Å². The molecule has 0 aliphatic heterocycles. The van der Waals surface area contributed by atoms with Crippen molar-refractivity contribution >= 4 is 21.6 Å². The second-order valence-electron chi connectivity index (χ2n) is 5.91. The molecule has 6 nitrogen and oxygen atoms in total. The van der Waals surface area contributed by atoms with Gasteiger partial charge >= 0.3 is 0 Å². The van der Waals surface area contributed by atoms with E-state index < -0.39 is 10.0 Å². The van der Waals surface area contributed by atoms with Crippen molar-refractivity contribution in [3.8, 4) is 5.75 Å². The number of nitrogens with zero attached hydrogens (tertiary/aromatic N) is 1. The number of nitrogens with one attached hydrogen (secondary N) is 1. The first-order valence-corrected chi connectivity index (χ1v) is 10.2. The molecule has 0 aliphatic carbocycles. The van der Waals surface area contributed by atoms with Gasteiger partial charge in [-0.1, -0.05) is 37.3 Å². The Balaban J connectivity index is 2.13. The molecule has 0 unspecified atom stereocenters. The van der Waals surface area contributed by atoms with Crippen molar-refractivity contribution in [2.24, 2.45) is 0 Å². The maximum atomic E-state index is 12.5. The minimum atomic E-state index is -3.57. The van der Waals surface area contributed by atoms with E-state index in [-0.39, 0.29) is 18.5 Å². The summed E-state index contributed by atoms with van der Waals surface area (Å²) < 4.78 is 30.4. The zero-order valence-electron chi connectivity index (χ0n) is 15.2. The average molecular weight is 376 g/mol. The predicted octanol–water partition coefficient (Wildman–Crippen LogP) is 2.73. The van der Waals surface area contributed by atoms with Crippen LogP contribution in [0.25, 0.3) is 0 Å². The molecule has 26 heavy (non-hydrogen) atoms. The van der Waals surface area contributed by atoms with Crippen LogP contribution in [0.4, 0.5) is 5.69 Å².